The molecule has 2 bridgehead atoms. The van der Waals surface area contributed by atoms with Crippen LogP contribution in [0.25, 0.3) is 0 Å². The lowest BCUT2D eigenvalue weighted by atomic mass is 9.49. The highest BCUT2D eigenvalue weighted by Gasteiger charge is 2.51. The Balaban J connectivity index is 2.00. The summed E-state index contributed by atoms with van der Waals surface area (Å²) in [5.74, 6) is 1.33. The van der Waals surface area contributed by atoms with Crippen molar-refractivity contribution in [2.45, 2.75) is 33.6 Å². The fourth-order valence-corrected chi connectivity index (χ4v) is 2.83. The van der Waals surface area contributed by atoms with Gasteiger partial charge < -0.3 is 4.74 Å². The first kappa shape index (κ1) is 9.75. The third-order valence-corrected chi connectivity index (χ3v) is 4.02. The summed E-state index contributed by atoms with van der Waals surface area (Å²) < 4.78 is 5.06. The van der Waals surface area contributed by atoms with Gasteiger partial charge in [-0.15, -0.1) is 0 Å². The van der Waals surface area contributed by atoms with E-state index >= 15 is 0 Å². The zero-order valence-electron chi connectivity index (χ0n) is 9.17. The van der Waals surface area contributed by atoms with Crippen molar-refractivity contribution in [3.05, 3.63) is 11.6 Å². The summed E-state index contributed by atoms with van der Waals surface area (Å²) in [5, 5.41) is 0. The summed E-state index contributed by atoms with van der Waals surface area (Å²) in [5.41, 5.74) is 1.78. The van der Waals surface area contributed by atoms with Gasteiger partial charge in [-0.1, -0.05) is 19.9 Å². The maximum absolute atomic E-state index is 10.7. The Morgan fingerprint density at radius 1 is 1.64 bits per heavy atom. The van der Waals surface area contributed by atoms with E-state index in [4.69, 9.17) is 4.74 Å². The predicted molar refractivity (Wildman–Crippen MR) is 54.7 cm³/mol. The summed E-state index contributed by atoms with van der Waals surface area (Å²) in [6.07, 6.45) is 4.73. The Morgan fingerprint density at radius 2 is 2.36 bits per heavy atom. The minimum atomic E-state index is -0.176. The second-order valence-corrected chi connectivity index (χ2v) is 5.10. The molecule has 0 saturated heterocycles. The molecule has 1 unspecified atom stereocenters. The van der Waals surface area contributed by atoms with Crippen LogP contribution in [0.1, 0.15) is 33.6 Å². The average Bonchev–Trinajstić information content (AvgIpc) is 2.14. The molecule has 2 nitrogen and oxygen atoms in total. The second-order valence-electron chi connectivity index (χ2n) is 5.10. The largest absolute Gasteiger partial charge is 0.461 e. The second kappa shape index (κ2) is 3.11. The lowest BCUT2D eigenvalue weighted by Gasteiger charge is -2.56. The van der Waals surface area contributed by atoms with E-state index in [0.29, 0.717) is 17.9 Å². The molecule has 2 atom stereocenters. The van der Waals surface area contributed by atoms with Crippen molar-refractivity contribution in [2.24, 2.45) is 17.3 Å². The van der Waals surface area contributed by atoms with Crippen molar-refractivity contribution in [3.8, 4) is 0 Å². The molecule has 0 aromatic rings. The van der Waals surface area contributed by atoms with E-state index in [0.717, 1.165) is 5.92 Å². The van der Waals surface area contributed by atoms with Gasteiger partial charge in [0, 0.05) is 6.92 Å². The molecule has 0 aliphatic heterocycles. The molecule has 0 spiro atoms. The highest BCUT2D eigenvalue weighted by atomic mass is 16.5. The number of rotatable bonds is 2. The minimum Gasteiger partial charge on any atom is -0.461 e. The molecular weight excluding hydrogens is 176 g/mol. The van der Waals surface area contributed by atoms with E-state index in [1.165, 1.54) is 25.3 Å². The molecule has 1 fully saturated rings. The van der Waals surface area contributed by atoms with Crippen LogP contribution >= 0.6 is 0 Å². The number of fused-ring (bicyclic) bond motifs is 1. The zero-order valence-corrected chi connectivity index (χ0v) is 9.17. The van der Waals surface area contributed by atoms with Crippen LogP contribution in [0, 0.1) is 17.3 Å². The molecule has 0 heterocycles. The molecule has 3 rings (SSSR count). The first-order chi connectivity index (χ1) is 6.51. The van der Waals surface area contributed by atoms with Crippen molar-refractivity contribution >= 4 is 5.97 Å². The number of allylic oxidation sites excluding steroid dienone is 1. The maximum Gasteiger partial charge on any atom is 0.302 e. The molecule has 0 aromatic carbocycles. The van der Waals surface area contributed by atoms with Crippen LogP contribution in [0.15, 0.2) is 11.6 Å². The van der Waals surface area contributed by atoms with Gasteiger partial charge >= 0.3 is 5.97 Å². The Labute approximate surface area is 85.3 Å². The number of carbonyl (C=O) groups is 1. The van der Waals surface area contributed by atoms with Crippen LogP contribution in [0.3, 0.4) is 0 Å². The van der Waals surface area contributed by atoms with E-state index in [2.05, 4.69) is 19.9 Å². The molecule has 78 valence electrons. The summed E-state index contributed by atoms with van der Waals surface area (Å²) in [6.45, 7) is 6.63. The third-order valence-electron chi connectivity index (χ3n) is 4.02. The topological polar surface area (TPSA) is 26.3 Å². The summed E-state index contributed by atoms with van der Waals surface area (Å²) >= 11 is 0. The van der Waals surface area contributed by atoms with Gasteiger partial charge in [-0.25, -0.2) is 0 Å². The first-order valence-electron chi connectivity index (χ1n) is 5.34. The molecule has 0 aromatic heterocycles. The SMILES string of the molecule is CC(=O)OCC1=CCC2C[C@H]1C2(C)C. The van der Waals surface area contributed by atoms with Gasteiger partial charge in [0.15, 0.2) is 0 Å². The lowest BCUT2D eigenvalue weighted by Crippen LogP contribution is -2.48. The lowest BCUT2D eigenvalue weighted by molar-refractivity contribution is -0.140. The zero-order chi connectivity index (χ0) is 10.3. The van der Waals surface area contributed by atoms with Crippen LogP contribution in [0.4, 0.5) is 0 Å². The highest BCUT2D eigenvalue weighted by molar-refractivity contribution is 5.66. The smallest absolute Gasteiger partial charge is 0.302 e. The molecule has 0 amide bonds. The summed E-state index contributed by atoms with van der Waals surface area (Å²) in [6, 6.07) is 0. The van der Waals surface area contributed by atoms with Crippen molar-refractivity contribution in [1.29, 1.82) is 0 Å². The number of esters is 1. The van der Waals surface area contributed by atoms with Gasteiger partial charge in [0.25, 0.3) is 0 Å². The maximum atomic E-state index is 10.7. The first-order valence-corrected chi connectivity index (χ1v) is 5.34. The van der Waals surface area contributed by atoms with Crippen LogP contribution in [0.5, 0.6) is 0 Å². The van der Waals surface area contributed by atoms with Crippen LogP contribution in [0.2, 0.25) is 0 Å². The van der Waals surface area contributed by atoms with Crippen LogP contribution in [-0.2, 0) is 9.53 Å². The summed E-state index contributed by atoms with van der Waals surface area (Å²) in [7, 11) is 0. The molecule has 1 saturated carbocycles. The van der Waals surface area contributed by atoms with Crippen LogP contribution in [-0.4, -0.2) is 12.6 Å². The molecule has 0 radical (unpaired) electrons. The fourth-order valence-electron chi connectivity index (χ4n) is 2.83. The van der Waals surface area contributed by atoms with Crippen molar-refractivity contribution in [2.75, 3.05) is 6.61 Å². The predicted octanol–water partition coefficient (Wildman–Crippen LogP) is 2.54. The van der Waals surface area contributed by atoms with E-state index in [-0.39, 0.29) is 5.97 Å². The molecule has 2 heteroatoms. The standard InChI is InChI=1S/C12H18O2/c1-8(13)14-7-9-4-5-10-6-11(9)12(10,2)3/h4,10-11H,5-7H2,1-3H3/t10?,11-/m1/s1. The number of hydrogen-bond acceptors (Lipinski definition) is 2. The Bertz CT molecular complexity index is 289. The molecule has 3 aliphatic carbocycles. The number of ether oxygens (including phenoxy) is 1. The van der Waals surface area contributed by atoms with Gasteiger partial charge in [0.05, 0.1) is 0 Å². The highest BCUT2D eigenvalue weighted by Crippen LogP contribution is 2.59. The molecule has 14 heavy (non-hydrogen) atoms. The molecule has 3 aliphatic rings. The van der Waals surface area contributed by atoms with Crippen molar-refractivity contribution < 1.29 is 9.53 Å². The Kier molecular flexibility index (Phi) is 2.17. The third kappa shape index (κ3) is 1.37. The van der Waals surface area contributed by atoms with E-state index < -0.39 is 0 Å². The van der Waals surface area contributed by atoms with Gasteiger partial charge in [-0.3, -0.25) is 4.79 Å². The molecule has 0 N–H and O–H groups in total. The monoisotopic (exact) mass is 194 g/mol. The quantitative estimate of drug-likeness (QED) is 0.499. The minimum absolute atomic E-state index is 0.176. The van der Waals surface area contributed by atoms with Gasteiger partial charge in [0.1, 0.15) is 6.61 Å². The van der Waals surface area contributed by atoms with E-state index in [9.17, 15) is 4.79 Å². The number of hydrogen-bond donors (Lipinski definition) is 0. The average molecular weight is 194 g/mol. The number of carbonyl (C=O) groups excluding carboxylic acids is 1. The molecular formula is C12H18O2. The van der Waals surface area contributed by atoms with Gasteiger partial charge in [-0.2, -0.15) is 0 Å². The normalized spacial score (nSPS) is 32.9. The van der Waals surface area contributed by atoms with Crippen LogP contribution < -0.4 is 0 Å². The Hall–Kier alpha value is -0.790. The summed E-state index contributed by atoms with van der Waals surface area (Å²) in [4.78, 5) is 10.7. The van der Waals surface area contributed by atoms with Crippen molar-refractivity contribution in [3.63, 3.8) is 0 Å². The van der Waals surface area contributed by atoms with Crippen molar-refractivity contribution in [1.82, 2.24) is 0 Å². The Morgan fingerprint density at radius 3 is 2.86 bits per heavy atom. The van der Waals surface area contributed by atoms with Gasteiger partial charge in [0.2, 0.25) is 0 Å². The van der Waals surface area contributed by atoms with Gasteiger partial charge in [-0.05, 0) is 35.7 Å². The van der Waals surface area contributed by atoms with E-state index in [1.807, 2.05) is 0 Å². The van der Waals surface area contributed by atoms with E-state index in [1.54, 1.807) is 0 Å². The fraction of sp³-hybridized carbons (Fsp3) is 0.750.